The SMILES string of the molecule is Cc1csc(NN=Cc2ccc(N3CCOCC3)cc2)n1. The van der Waals surface area contributed by atoms with E-state index in [4.69, 9.17) is 4.74 Å². The molecule has 0 spiro atoms. The monoisotopic (exact) mass is 302 g/mol. The third-order valence-corrected chi connectivity index (χ3v) is 4.13. The van der Waals surface area contributed by atoms with Crippen molar-refractivity contribution in [3.8, 4) is 0 Å². The summed E-state index contributed by atoms with van der Waals surface area (Å²) in [4.78, 5) is 6.63. The van der Waals surface area contributed by atoms with Gasteiger partial charge in [-0.25, -0.2) is 4.98 Å². The van der Waals surface area contributed by atoms with Gasteiger partial charge in [-0.3, -0.25) is 5.43 Å². The summed E-state index contributed by atoms with van der Waals surface area (Å²) in [5, 5.41) is 7.02. The topological polar surface area (TPSA) is 49.8 Å². The van der Waals surface area contributed by atoms with Gasteiger partial charge in [0, 0.05) is 24.2 Å². The van der Waals surface area contributed by atoms with Crippen LogP contribution >= 0.6 is 11.3 Å². The average Bonchev–Trinajstić information content (AvgIpc) is 2.94. The molecule has 1 aromatic carbocycles. The predicted molar refractivity (Wildman–Crippen MR) is 87.5 cm³/mol. The van der Waals surface area contributed by atoms with Crippen LogP contribution in [-0.4, -0.2) is 37.5 Å². The first-order valence-corrected chi connectivity index (χ1v) is 7.83. The summed E-state index contributed by atoms with van der Waals surface area (Å²) in [6.07, 6.45) is 1.81. The molecule has 1 N–H and O–H groups in total. The Labute approximate surface area is 128 Å². The van der Waals surface area contributed by atoms with E-state index in [-0.39, 0.29) is 0 Å². The number of hydrazone groups is 1. The third-order valence-electron chi connectivity index (χ3n) is 3.26. The average molecular weight is 302 g/mol. The van der Waals surface area contributed by atoms with Gasteiger partial charge in [-0.05, 0) is 24.6 Å². The predicted octanol–water partition coefficient (Wildman–Crippen LogP) is 2.73. The highest BCUT2D eigenvalue weighted by molar-refractivity contribution is 7.13. The lowest BCUT2D eigenvalue weighted by Gasteiger charge is -2.28. The fourth-order valence-electron chi connectivity index (χ4n) is 2.16. The number of hydrogen-bond donors (Lipinski definition) is 1. The summed E-state index contributed by atoms with van der Waals surface area (Å²) < 4.78 is 5.37. The molecule has 1 saturated heterocycles. The summed E-state index contributed by atoms with van der Waals surface area (Å²) in [6.45, 7) is 5.49. The standard InChI is InChI=1S/C15H18N4OS/c1-12-11-21-15(17-12)18-16-10-13-2-4-14(5-3-13)19-6-8-20-9-7-19/h2-5,10-11H,6-9H2,1H3,(H,17,18). The molecule has 1 fully saturated rings. The molecule has 0 bridgehead atoms. The molecule has 21 heavy (non-hydrogen) atoms. The van der Waals surface area contributed by atoms with Crippen LogP contribution in [0, 0.1) is 6.92 Å². The maximum atomic E-state index is 5.37. The van der Waals surface area contributed by atoms with E-state index in [0.717, 1.165) is 42.7 Å². The van der Waals surface area contributed by atoms with Crippen molar-refractivity contribution in [2.45, 2.75) is 6.92 Å². The van der Waals surface area contributed by atoms with Gasteiger partial charge in [0.05, 0.1) is 25.1 Å². The van der Waals surface area contributed by atoms with Gasteiger partial charge in [-0.15, -0.1) is 11.3 Å². The van der Waals surface area contributed by atoms with Gasteiger partial charge < -0.3 is 9.64 Å². The van der Waals surface area contributed by atoms with E-state index in [9.17, 15) is 0 Å². The van der Waals surface area contributed by atoms with Crippen LogP contribution in [-0.2, 0) is 4.74 Å². The van der Waals surface area contributed by atoms with Crippen molar-refractivity contribution in [3.63, 3.8) is 0 Å². The maximum Gasteiger partial charge on any atom is 0.203 e. The van der Waals surface area contributed by atoms with E-state index in [1.807, 2.05) is 12.3 Å². The fourth-order valence-corrected chi connectivity index (χ4v) is 2.80. The Morgan fingerprint density at radius 3 is 2.71 bits per heavy atom. The summed E-state index contributed by atoms with van der Waals surface area (Å²) in [6, 6.07) is 8.40. The summed E-state index contributed by atoms with van der Waals surface area (Å²) >= 11 is 1.55. The molecule has 0 saturated carbocycles. The lowest BCUT2D eigenvalue weighted by molar-refractivity contribution is 0.122. The lowest BCUT2D eigenvalue weighted by Crippen LogP contribution is -2.36. The minimum absolute atomic E-state index is 0.806. The molecule has 1 aliphatic rings. The van der Waals surface area contributed by atoms with Gasteiger partial charge in [0.2, 0.25) is 5.13 Å². The molecule has 0 unspecified atom stereocenters. The van der Waals surface area contributed by atoms with Crippen molar-refractivity contribution in [3.05, 3.63) is 40.9 Å². The van der Waals surface area contributed by atoms with Crippen LogP contribution in [0.2, 0.25) is 0 Å². The van der Waals surface area contributed by atoms with Crippen LogP contribution in [0.3, 0.4) is 0 Å². The van der Waals surface area contributed by atoms with E-state index in [0.29, 0.717) is 0 Å². The molecule has 110 valence electrons. The zero-order valence-corrected chi connectivity index (χ0v) is 12.8. The van der Waals surface area contributed by atoms with Gasteiger partial charge in [0.25, 0.3) is 0 Å². The van der Waals surface area contributed by atoms with Crippen molar-refractivity contribution in [2.24, 2.45) is 5.10 Å². The number of aryl methyl sites for hydroxylation is 1. The minimum Gasteiger partial charge on any atom is -0.378 e. The lowest BCUT2D eigenvalue weighted by atomic mass is 10.2. The molecular formula is C15H18N4OS. The molecule has 2 aromatic rings. The van der Waals surface area contributed by atoms with Crippen molar-refractivity contribution >= 4 is 28.4 Å². The van der Waals surface area contributed by atoms with Crippen LogP contribution in [0.4, 0.5) is 10.8 Å². The number of anilines is 2. The van der Waals surface area contributed by atoms with Gasteiger partial charge >= 0.3 is 0 Å². The molecule has 6 heteroatoms. The third kappa shape index (κ3) is 3.80. The first-order chi connectivity index (χ1) is 10.3. The Kier molecular flexibility index (Phi) is 4.47. The normalized spacial score (nSPS) is 15.6. The maximum absolute atomic E-state index is 5.37. The number of thiazole rings is 1. The van der Waals surface area contributed by atoms with Crippen molar-refractivity contribution in [1.29, 1.82) is 0 Å². The van der Waals surface area contributed by atoms with Crippen LogP contribution in [0.5, 0.6) is 0 Å². The number of nitrogens with zero attached hydrogens (tertiary/aromatic N) is 3. The number of ether oxygens (including phenoxy) is 1. The van der Waals surface area contributed by atoms with Gasteiger partial charge in [0.1, 0.15) is 0 Å². The summed E-state index contributed by atoms with van der Waals surface area (Å²) in [5.74, 6) is 0. The molecule has 0 atom stereocenters. The molecule has 3 rings (SSSR count). The van der Waals surface area contributed by atoms with Crippen LogP contribution in [0.1, 0.15) is 11.3 Å². The molecule has 2 heterocycles. The smallest absolute Gasteiger partial charge is 0.203 e. The summed E-state index contributed by atoms with van der Waals surface area (Å²) in [5.41, 5.74) is 6.25. The zero-order valence-electron chi connectivity index (χ0n) is 12.0. The number of hydrogen-bond acceptors (Lipinski definition) is 6. The van der Waals surface area contributed by atoms with E-state index in [1.54, 1.807) is 17.6 Å². The first-order valence-electron chi connectivity index (χ1n) is 6.95. The second-order valence-electron chi connectivity index (χ2n) is 4.85. The van der Waals surface area contributed by atoms with Gasteiger partial charge in [-0.1, -0.05) is 12.1 Å². The number of nitrogens with one attached hydrogen (secondary N) is 1. The second-order valence-corrected chi connectivity index (χ2v) is 5.71. The Hall–Kier alpha value is -1.92. The highest BCUT2D eigenvalue weighted by Crippen LogP contribution is 2.16. The fraction of sp³-hybridized carbons (Fsp3) is 0.333. The Morgan fingerprint density at radius 2 is 2.05 bits per heavy atom. The van der Waals surface area contributed by atoms with Crippen molar-refractivity contribution < 1.29 is 4.74 Å². The molecular weight excluding hydrogens is 284 g/mol. The Bertz CT molecular complexity index is 602. The Balaban J connectivity index is 1.58. The van der Waals surface area contributed by atoms with Gasteiger partial charge in [0.15, 0.2) is 0 Å². The number of aromatic nitrogens is 1. The Morgan fingerprint density at radius 1 is 1.29 bits per heavy atom. The molecule has 5 nitrogen and oxygen atoms in total. The largest absolute Gasteiger partial charge is 0.378 e. The molecule has 1 aromatic heterocycles. The van der Waals surface area contributed by atoms with E-state index >= 15 is 0 Å². The van der Waals surface area contributed by atoms with Crippen molar-refractivity contribution in [2.75, 3.05) is 36.6 Å². The van der Waals surface area contributed by atoms with E-state index in [2.05, 4.69) is 44.7 Å². The molecule has 0 amide bonds. The van der Waals surface area contributed by atoms with Gasteiger partial charge in [-0.2, -0.15) is 5.10 Å². The number of benzene rings is 1. The molecule has 1 aliphatic heterocycles. The zero-order chi connectivity index (χ0) is 14.5. The second kappa shape index (κ2) is 6.69. The first kappa shape index (κ1) is 14.0. The van der Waals surface area contributed by atoms with E-state index in [1.165, 1.54) is 5.69 Å². The van der Waals surface area contributed by atoms with Crippen LogP contribution in [0.15, 0.2) is 34.7 Å². The molecule has 0 aliphatic carbocycles. The quantitative estimate of drug-likeness (QED) is 0.697. The minimum atomic E-state index is 0.806. The summed E-state index contributed by atoms with van der Waals surface area (Å²) in [7, 11) is 0. The number of morpholine rings is 1. The van der Waals surface area contributed by atoms with Crippen LogP contribution < -0.4 is 10.3 Å². The number of rotatable bonds is 4. The van der Waals surface area contributed by atoms with E-state index < -0.39 is 0 Å². The molecule has 0 radical (unpaired) electrons. The van der Waals surface area contributed by atoms with Crippen LogP contribution in [0.25, 0.3) is 0 Å². The van der Waals surface area contributed by atoms with Crippen molar-refractivity contribution in [1.82, 2.24) is 4.98 Å². The highest BCUT2D eigenvalue weighted by atomic mass is 32.1. The highest BCUT2D eigenvalue weighted by Gasteiger charge is 2.10.